The lowest BCUT2D eigenvalue weighted by atomic mass is 9.53. The molecule has 0 saturated carbocycles. The van der Waals surface area contributed by atoms with Crippen LogP contribution in [0.5, 0.6) is 0 Å². The molecule has 4 nitrogen and oxygen atoms in total. The number of fused-ring (bicyclic) bond motifs is 3. The number of carbonyl (C=O) groups is 1. The number of hydrogen-bond acceptors (Lipinski definition) is 2. The van der Waals surface area contributed by atoms with Crippen molar-refractivity contribution < 1.29 is 4.79 Å². The SMILES string of the molecule is [C-]#[N+]C1=C[C@]2(C)c3nn(C)c(Cl)c3CC[C@H]2C(C)(C)C1=O. The fourth-order valence-corrected chi connectivity index (χ4v) is 4.38. The van der Waals surface area contributed by atoms with E-state index in [4.69, 9.17) is 18.2 Å². The highest BCUT2D eigenvalue weighted by molar-refractivity contribution is 6.30. The van der Waals surface area contributed by atoms with Crippen LogP contribution in [-0.2, 0) is 23.7 Å². The van der Waals surface area contributed by atoms with Crippen LogP contribution in [0.25, 0.3) is 4.85 Å². The molecule has 0 aromatic carbocycles. The molecule has 0 saturated heterocycles. The van der Waals surface area contributed by atoms with Crippen LogP contribution in [0.4, 0.5) is 0 Å². The number of hydrogen-bond donors (Lipinski definition) is 0. The molecule has 2 aliphatic rings. The number of allylic oxidation sites excluding steroid dienone is 2. The topological polar surface area (TPSA) is 39.2 Å². The summed E-state index contributed by atoms with van der Waals surface area (Å²) in [5.41, 5.74) is 1.26. The van der Waals surface area contributed by atoms with Crippen LogP contribution in [0.2, 0.25) is 5.15 Å². The highest BCUT2D eigenvalue weighted by atomic mass is 35.5. The van der Waals surface area contributed by atoms with Gasteiger partial charge in [-0.15, -0.1) is 0 Å². The van der Waals surface area contributed by atoms with Gasteiger partial charge in [-0.05, 0) is 18.8 Å². The zero-order valence-corrected chi connectivity index (χ0v) is 13.5. The van der Waals surface area contributed by atoms with Crippen molar-refractivity contribution in [3.8, 4) is 0 Å². The third kappa shape index (κ3) is 1.67. The Morgan fingerprint density at radius 3 is 2.76 bits per heavy atom. The standard InChI is InChI=1S/C16H18ClN3O/c1-15(2)11-7-6-9-12(19-20(5)14(9)17)16(11,3)8-10(18-4)13(15)21/h8,11H,6-7H2,1-3,5H3/t11-,16-/m0/s1. The van der Waals surface area contributed by atoms with E-state index in [9.17, 15) is 4.79 Å². The van der Waals surface area contributed by atoms with Gasteiger partial charge in [0, 0.05) is 23.4 Å². The molecule has 2 atom stereocenters. The summed E-state index contributed by atoms with van der Waals surface area (Å²) in [6.45, 7) is 13.3. The number of rotatable bonds is 0. The van der Waals surface area contributed by atoms with Crippen LogP contribution >= 0.6 is 11.6 Å². The smallest absolute Gasteiger partial charge is 0.226 e. The number of halogens is 1. The summed E-state index contributed by atoms with van der Waals surface area (Å²) < 4.78 is 1.69. The van der Waals surface area contributed by atoms with Gasteiger partial charge in [0.2, 0.25) is 5.70 Å². The number of ketones is 1. The van der Waals surface area contributed by atoms with Gasteiger partial charge in [-0.25, -0.2) is 4.85 Å². The van der Waals surface area contributed by atoms with Gasteiger partial charge in [0.25, 0.3) is 0 Å². The first-order valence-electron chi connectivity index (χ1n) is 7.10. The third-order valence-corrected chi connectivity index (χ3v) is 5.70. The minimum atomic E-state index is -0.551. The maximum Gasteiger partial charge on any atom is 0.226 e. The van der Waals surface area contributed by atoms with Crippen molar-refractivity contribution in [3.63, 3.8) is 0 Å². The highest BCUT2D eigenvalue weighted by Crippen LogP contribution is 2.55. The van der Waals surface area contributed by atoms with Crippen molar-refractivity contribution >= 4 is 17.4 Å². The predicted molar refractivity (Wildman–Crippen MR) is 80.9 cm³/mol. The Hall–Kier alpha value is -1.60. The van der Waals surface area contributed by atoms with E-state index in [1.807, 2.05) is 27.0 Å². The lowest BCUT2D eigenvalue weighted by Gasteiger charge is -2.49. The Labute approximate surface area is 129 Å². The van der Waals surface area contributed by atoms with E-state index in [-0.39, 0.29) is 17.4 Å². The van der Waals surface area contributed by atoms with Crippen molar-refractivity contribution in [1.82, 2.24) is 9.78 Å². The van der Waals surface area contributed by atoms with Crippen LogP contribution in [-0.4, -0.2) is 15.6 Å². The van der Waals surface area contributed by atoms with Crippen LogP contribution in [0.3, 0.4) is 0 Å². The summed E-state index contributed by atoms with van der Waals surface area (Å²) >= 11 is 6.34. The highest BCUT2D eigenvalue weighted by Gasteiger charge is 2.55. The molecular weight excluding hydrogens is 286 g/mol. The minimum Gasteiger partial charge on any atom is -0.307 e. The summed E-state index contributed by atoms with van der Waals surface area (Å²) in [7, 11) is 1.83. The molecular formula is C16H18ClN3O. The maximum absolute atomic E-state index is 12.5. The van der Waals surface area contributed by atoms with Gasteiger partial charge in [-0.3, -0.25) is 4.68 Å². The normalized spacial score (nSPS) is 30.2. The average molecular weight is 304 g/mol. The number of carbonyl (C=O) groups excluding carboxylic acids is 1. The molecule has 3 rings (SSSR count). The summed E-state index contributed by atoms with van der Waals surface area (Å²) in [5, 5.41) is 5.26. The van der Waals surface area contributed by atoms with Crippen molar-refractivity contribution in [2.24, 2.45) is 18.4 Å². The van der Waals surface area contributed by atoms with Gasteiger partial charge in [0.05, 0.1) is 12.3 Å². The Bertz CT molecular complexity index is 723. The fourth-order valence-electron chi connectivity index (χ4n) is 4.16. The number of nitrogens with zero attached hydrogens (tertiary/aromatic N) is 3. The van der Waals surface area contributed by atoms with E-state index in [1.165, 1.54) is 0 Å². The lowest BCUT2D eigenvalue weighted by Crippen LogP contribution is -2.50. The first-order chi connectivity index (χ1) is 9.73. The Morgan fingerprint density at radius 1 is 1.48 bits per heavy atom. The van der Waals surface area contributed by atoms with E-state index in [0.717, 1.165) is 24.1 Å². The fraction of sp³-hybridized carbons (Fsp3) is 0.562. The van der Waals surface area contributed by atoms with Gasteiger partial charge >= 0.3 is 0 Å². The largest absolute Gasteiger partial charge is 0.307 e. The first kappa shape index (κ1) is 14.3. The summed E-state index contributed by atoms with van der Waals surface area (Å²) in [4.78, 5) is 16.0. The van der Waals surface area contributed by atoms with Crippen molar-refractivity contribution in [1.29, 1.82) is 0 Å². The van der Waals surface area contributed by atoms with E-state index in [1.54, 1.807) is 4.68 Å². The lowest BCUT2D eigenvalue weighted by molar-refractivity contribution is -0.128. The van der Waals surface area contributed by atoms with Gasteiger partial charge in [0.15, 0.2) is 5.78 Å². The van der Waals surface area contributed by atoms with Crippen LogP contribution in [0, 0.1) is 17.9 Å². The van der Waals surface area contributed by atoms with Gasteiger partial charge in [-0.2, -0.15) is 5.10 Å². The van der Waals surface area contributed by atoms with Crippen LogP contribution < -0.4 is 0 Å². The number of aryl methyl sites for hydroxylation is 1. The second-order valence-electron chi connectivity index (χ2n) is 6.81. The Balaban J connectivity index is 2.30. The zero-order valence-electron chi connectivity index (χ0n) is 12.7. The molecule has 2 aliphatic carbocycles. The summed E-state index contributed by atoms with van der Waals surface area (Å²) in [5.74, 6) is 0.0897. The quantitative estimate of drug-likeness (QED) is 0.690. The second kappa shape index (κ2) is 4.20. The molecule has 1 aromatic rings. The Kier molecular flexibility index (Phi) is 2.87. The zero-order chi connectivity index (χ0) is 15.6. The third-order valence-electron chi connectivity index (χ3n) is 5.23. The number of Topliss-reactive ketones (excluding diaryl/α,β-unsaturated/α-hetero) is 1. The average Bonchev–Trinajstić information content (AvgIpc) is 2.72. The van der Waals surface area contributed by atoms with E-state index >= 15 is 0 Å². The van der Waals surface area contributed by atoms with Gasteiger partial charge in [0.1, 0.15) is 5.15 Å². The molecule has 1 heterocycles. The number of aromatic nitrogens is 2. The molecule has 110 valence electrons. The molecule has 1 aromatic heterocycles. The van der Waals surface area contributed by atoms with Gasteiger partial charge < -0.3 is 4.79 Å². The van der Waals surface area contributed by atoms with E-state index in [0.29, 0.717) is 5.15 Å². The molecule has 0 spiro atoms. The summed E-state index contributed by atoms with van der Waals surface area (Å²) in [6.07, 6.45) is 3.54. The molecule has 0 radical (unpaired) electrons. The second-order valence-corrected chi connectivity index (χ2v) is 7.17. The molecule has 0 N–H and O–H groups in total. The van der Waals surface area contributed by atoms with Crippen molar-refractivity contribution in [2.45, 2.75) is 39.0 Å². The molecule has 0 unspecified atom stereocenters. The molecule has 0 amide bonds. The molecule has 0 aliphatic heterocycles. The van der Waals surface area contributed by atoms with E-state index < -0.39 is 10.8 Å². The molecule has 0 bridgehead atoms. The van der Waals surface area contributed by atoms with Crippen LogP contribution in [0.1, 0.15) is 38.4 Å². The summed E-state index contributed by atoms with van der Waals surface area (Å²) in [6, 6.07) is 0. The molecule has 0 fully saturated rings. The Morgan fingerprint density at radius 2 is 2.14 bits per heavy atom. The molecule has 21 heavy (non-hydrogen) atoms. The van der Waals surface area contributed by atoms with Crippen LogP contribution in [0.15, 0.2) is 11.8 Å². The predicted octanol–water partition coefficient (Wildman–Crippen LogP) is 3.31. The first-order valence-corrected chi connectivity index (χ1v) is 7.48. The van der Waals surface area contributed by atoms with E-state index in [2.05, 4.69) is 16.9 Å². The molecule has 5 heteroatoms. The van der Waals surface area contributed by atoms with Crippen molar-refractivity contribution in [2.75, 3.05) is 0 Å². The minimum absolute atomic E-state index is 0.0505. The maximum atomic E-state index is 12.5. The monoisotopic (exact) mass is 303 g/mol. The van der Waals surface area contributed by atoms with Crippen molar-refractivity contribution in [3.05, 3.63) is 39.6 Å². The van der Waals surface area contributed by atoms with Gasteiger partial charge in [-0.1, -0.05) is 38.4 Å².